The average molecular weight is 624 g/mol. The van der Waals surface area contributed by atoms with Crippen molar-refractivity contribution in [2.45, 2.75) is 51.0 Å². The summed E-state index contributed by atoms with van der Waals surface area (Å²) in [5.41, 5.74) is -1.21. The quantitative estimate of drug-likeness (QED) is 0.303. The van der Waals surface area contributed by atoms with Crippen LogP contribution in [0.2, 0.25) is 0 Å². The smallest absolute Gasteiger partial charge is 0.416 e. The highest BCUT2D eigenvalue weighted by molar-refractivity contribution is 6.01. The molecule has 0 radical (unpaired) electrons. The second-order valence-corrected chi connectivity index (χ2v) is 9.50. The van der Waals surface area contributed by atoms with Gasteiger partial charge in [-0.3, -0.25) is 19.1 Å². The zero-order valence-corrected chi connectivity index (χ0v) is 24.1. The summed E-state index contributed by atoms with van der Waals surface area (Å²) >= 11 is 0. The highest BCUT2D eigenvalue weighted by Crippen LogP contribution is 2.39. The van der Waals surface area contributed by atoms with E-state index in [0.29, 0.717) is 17.3 Å². The van der Waals surface area contributed by atoms with E-state index in [1.54, 1.807) is 13.1 Å². The molecule has 0 spiro atoms. The van der Waals surface area contributed by atoms with E-state index in [1.807, 2.05) is 0 Å². The van der Waals surface area contributed by atoms with Gasteiger partial charge >= 0.3 is 30.1 Å². The molecule has 0 bridgehead atoms. The molecule has 17 heteroatoms. The lowest BCUT2D eigenvalue weighted by Gasteiger charge is -2.39. The number of carbonyl (C=O) groups is 4. The van der Waals surface area contributed by atoms with Crippen molar-refractivity contribution < 1.29 is 56.0 Å². The normalized spacial score (nSPS) is 20.0. The van der Waals surface area contributed by atoms with Crippen LogP contribution in [0.3, 0.4) is 0 Å². The lowest BCUT2D eigenvalue weighted by molar-refractivity contribution is -0.241. The fourth-order valence-electron chi connectivity index (χ4n) is 4.62. The molecular weight excluding hydrogens is 595 g/mol. The molecule has 14 nitrogen and oxygen atoms in total. The fraction of sp³-hybridized carbons (Fsp3) is 0.407. The Morgan fingerprint density at radius 3 is 2.41 bits per heavy atom. The van der Waals surface area contributed by atoms with Crippen LogP contribution in [0.5, 0.6) is 5.75 Å². The Morgan fingerprint density at radius 1 is 1.09 bits per heavy atom. The Hall–Kier alpha value is -4.93. The second kappa shape index (κ2) is 12.7. The molecule has 4 atom stereocenters. The van der Waals surface area contributed by atoms with Crippen molar-refractivity contribution >= 4 is 46.5 Å². The molecule has 3 aromatic rings. The molecule has 4 rings (SSSR count). The summed E-state index contributed by atoms with van der Waals surface area (Å²) in [6.07, 6.45) is -8.22. The Morgan fingerprint density at radius 2 is 1.80 bits per heavy atom. The predicted octanol–water partition coefficient (Wildman–Crippen LogP) is 3.13. The van der Waals surface area contributed by atoms with Gasteiger partial charge < -0.3 is 29.0 Å². The first-order valence-corrected chi connectivity index (χ1v) is 13.0. The molecular formula is C27H28F3N5O9. The van der Waals surface area contributed by atoms with Gasteiger partial charge in [-0.1, -0.05) is 0 Å². The first kappa shape index (κ1) is 32.0. The maximum atomic E-state index is 13.7. The molecule has 2 aromatic heterocycles. The van der Waals surface area contributed by atoms with E-state index in [0.717, 1.165) is 42.6 Å². The summed E-state index contributed by atoms with van der Waals surface area (Å²) in [4.78, 5) is 58.8. The minimum Gasteiger partial charge on any atom is -0.467 e. The van der Waals surface area contributed by atoms with Crippen LogP contribution in [0, 0.1) is 0 Å². The monoisotopic (exact) mass is 623 g/mol. The zero-order chi connectivity index (χ0) is 32.3. The van der Waals surface area contributed by atoms with Crippen molar-refractivity contribution in [1.29, 1.82) is 0 Å². The van der Waals surface area contributed by atoms with Crippen LogP contribution in [0.15, 0.2) is 36.8 Å². The van der Waals surface area contributed by atoms with E-state index >= 15 is 0 Å². The van der Waals surface area contributed by atoms with Crippen LogP contribution >= 0.6 is 0 Å². The van der Waals surface area contributed by atoms with Gasteiger partial charge in [-0.15, -0.1) is 0 Å². The van der Waals surface area contributed by atoms with Crippen molar-refractivity contribution in [2.24, 2.45) is 0 Å². The number of aromatic nitrogens is 3. The molecule has 1 saturated heterocycles. The number of alkyl halides is 3. The lowest BCUT2D eigenvalue weighted by Crippen LogP contribution is -2.56. The predicted molar refractivity (Wildman–Crippen MR) is 145 cm³/mol. The second-order valence-electron chi connectivity index (χ2n) is 9.50. The average Bonchev–Trinajstić information content (AvgIpc) is 3.40. The highest BCUT2D eigenvalue weighted by atomic mass is 19.4. The number of methoxy groups -OCH3 is 1. The summed E-state index contributed by atoms with van der Waals surface area (Å²) in [5, 5.41) is 3.35. The van der Waals surface area contributed by atoms with Crippen LogP contribution in [-0.4, -0.2) is 84.3 Å². The molecule has 0 saturated carbocycles. The largest absolute Gasteiger partial charge is 0.467 e. The summed E-state index contributed by atoms with van der Waals surface area (Å²) in [6.45, 7) is 2.16. The molecule has 1 N–H and O–H groups in total. The van der Waals surface area contributed by atoms with E-state index in [2.05, 4.69) is 15.3 Å². The van der Waals surface area contributed by atoms with Gasteiger partial charge in [0, 0.05) is 34.1 Å². The standard InChI is InChI=1S/C27H28F3N5O9/c1-13(36)41-19-11-20(44-22(25(38)40-5)21(19)42-14(2)37)43-18-7-6-15(27(28,29)30)10-17(18)34(4)26(39)35-9-8-16-23(31-3)32-12-33-24(16)35/h6-10,12,19-22H,11H2,1-5H3,(H,31,32,33)/t19-,20-,21+,22+/m1/s1. The zero-order valence-electron chi connectivity index (χ0n) is 24.1. The number of hydrogen-bond donors (Lipinski definition) is 1. The number of nitrogens with zero attached hydrogens (tertiary/aromatic N) is 4. The number of nitrogens with one attached hydrogen (secondary N) is 1. The van der Waals surface area contributed by atoms with E-state index in [4.69, 9.17) is 23.7 Å². The van der Waals surface area contributed by atoms with Gasteiger partial charge in [0.05, 0.1) is 30.2 Å². The summed E-state index contributed by atoms with van der Waals surface area (Å²) < 4.78 is 69.1. The molecule has 0 unspecified atom stereocenters. The molecule has 44 heavy (non-hydrogen) atoms. The number of rotatable bonds is 7. The van der Waals surface area contributed by atoms with Gasteiger partial charge in [-0.25, -0.2) is 19.6 Å². The first-order chi connectivity index (χ1) is 20.7. The van der Waals surface area contributed by atoms with Crippen LogP contribution in [0.4, 0.5) is 29.5 Å². The minimum atomic E-state index is -4.78. The topological polar surface area (TPSA) is 160 Å². The molecule has 1 fully saturated rings. The first-order valence-electron chi connectivity index (χ1n) is 13.0. The summed E-state index contributed by atoms with van der Waals surface area (Å²) in [7, 11) is 3.90. The summed E-state index contributed by atoms with van der Waals surface area (Å²) in [6, 6.07) is 3.19. The van der Waals surface area contributed by atoms with Gasteiger partial charge in [-0.2, -0.15) is 13.2 Å². The Bertz CT molecular complexity index is 1580. The van der Waals surface area contributed by atoms with Crippen LogP contribution in [0.1, 0.15) is 25.8 Å². The summed E-state index contributed by atoms with van der Waals surface area (Å²) in [5.74, 6) is -2.41. The SMILES string of the molecule is CNc1ncnc2c1ccn2C(=O)N(C)c1cc(C(F)(F)F)ccc1O[C@H]1C[C@@H](OC(C)=O)[C@H](OC(C)=O)[C@@H](C(=O)OC)O1. The number of esters is 3. The minimum absolute atomic E-state index is 0.188. The Labute approximate surface area is 248 Å². The molecule has 1 aliphatic heterocycles. The molecule has 1 amide bonds. The highest BCUT2D eigenvalue weighted by Gasteiger charge is 2.48. The van der Waals surface area contributed by atoms with E-state index < -0.39 is 60.3 Å². The number of fused-ring (bicyclic) bond motifs is 1. The van der Waals surface area contributed by atoms with E-state index in [-0.39, 0.29) is 23.5 Å². The number of ether oxygens (including phenoxy) is 5. The number of hydrogen-bond acceptors (Lipinski definition) is 12. The van der Waals surface area contributed by atoms with Gasteiger partial charge in [-0.05, 0) is 24.3 Å². The van der Waals surface area contributed by atoms with Gasteiger partial charge in [0.2, 0.25) is 6.29 Å². The van der Waals surface area contributed by atoms with Crippen molar-refractivity contribution in [1.82, 2.24) is 14.5 Å². The number of halogens is 3. The lowest BCUT2D eigenvalue weighted by atomic mass is 10.0. The molecule has 236 valence electrons. The Kier molecular flexibility index (Phi) is 9.27. The van der Waals surface area contributed by atoms with E-state index in [9.17, 15) is 32.3 Å². The van der Waals surface area contributed by atoms with Crippen LogP contribution < -0.4 is 15.0 Å². The third kappa shape index (κ3) is 6.66. The van der Waals surface area contributed by atoms with Crippen molar-refractivity contribution in [2.75, 3.05) is 31.4 Å². The third-order valence-electron chi connectivity index (χ3n) is 6.56. The van der Waals surface area contributed by atoms with Crippen LogP contribution in [0.25, 0.3) is 11.0 Å². The van der Waals surface area contributed by atoms with Gasteiger partial charge in [0.25, 0.3) is 0 Å². The maximum Gasteiger partial charge on any atom is 0.416 e. The Balaban J connectivity index is 1.73. The van der Waals surface area contributed by atoms with Gasteiger partial charge in [0.15, 0.2) is 17.9 Å². The van der Waals surface area contributed by atoms with Crippen molar-refractivity contribution in [3.63, 3.8) is 0 Å². The molecule has 0 aliphatic carbocycles. The van der Waals surface area contributed by atoms with E-state index in [1.165, 1.54) is 19.6 Å². The number of amides is 1. The third-order valence-corrected chi connectivity index (χ3v) is 6.56. The van der Waals surface area contributed by atoms with Crippen molar-refractivity contribution in [3.05, 3.63) is 42.4 Å². The molecule has 1 aliphatic rings. The fourth-order valence-corrected chi connectivity index (χ4v) is 4.62. The molecule has 1 aromatic carbocycles. The number of anilines is 2. The van der Waals surface area contributed by atoms with Crippen LogP contribution in [-0.2, 0) is 39.5 Å². The molecule has 3 heterocycles. The number of benzene rings is 1. The van der Waals surface area contributed by atoms with Crippen molar-refractivity contribution in [3.8, 4) is 5.75 Å². The number of carbonyl (C=O) groups excluding carboxylic acids is 4. The van der Waals surface area contributed by atoms with Gasteiger partial charge in [0.1, 0.15) is 24.0 Å². The maximum absolute atomic E-state index is 13.7.